The van der Waals surface area contributed by atoms with E-state index in [1.807, 2.05) is 0 Å². The quantitative estimate of drug-likeness (QED) is 0.619. The van der Waals surface area contributed by atoms with E-state index < -0.39 is 0 Å². The lowest BCUT2D eigenvalue weighted by Crippen LogP contribution is -2.24. The third-order valence-electron chi connectivity index (χ3n) is 4.35. The van der Waals surface area contributed by atoms with Crippen molar-refractivity contribution in [1.29, 1.82) is 0 Å². The maximum absolute atomic E-state index is 3.64. The summed E-state index contributed by atoms with van der Waals surface area (Å²) in [6, 6.07) is 0. The van der Waals surface area contributed by atoms with Crippen LogP contribution in [0.3, 0.4) is 0 Å². The van der Waals surface area contributed by atoms with Gasteiger partial charge in [0, 0.05) is 0 Å². The monoisotopic (exact) mass is 224 g/mol. The SMILES string of the molecule is CCCNCCCNCC1C2CCCCC21. The summed E-state index contributed by atoms with van der Waals surface area (Å²) in [5.41, 5.74) is 0. The van der Waals surface area contributed by atoms with Crippen LogP contribution in [0.15, 0.2) is 0 Å². The van der Waals surface area contributed by atoms with Crippen molar-refractivity contribution in [3.8, 4) is 0 Å². The summed E-state index contributed by atoms with van der Waals surface area (Å²) in [7, 11) is 0. The maximum atomic E-state index is 3.64. The van der Waals surface area contributed by atoms with Gasteiger partial charge in [-0.05, 0) is 69.6 Å². The Kier molecular flexibility index (Phi) is 5.11. The van der Waals surface area contributed by atoms with E-state index in [-0.39, 0.29) is 0 Å². The molecule has 2 atom stereocenters. The van der Waals surface area contributed by atoms with Gasteiger partial charge in [0.25, 0.3) is 0 Å². The molecule has 0 aromatic rings. The molecular weight excluding hydrogens is 196 g/mol. The molecule has 2 fully saturated rings. The van der Waals surface area contributed by atoms with E-state index in [0.717, 1.165) is 17.8 Å². The minimum Gasteiger partial charge on any atom is -0.317 e. The molecule has 0 aromatic carbocycles. The van der Waals surface area contributed by atoms with Crippen LogP contribution in [0, 0.1) is 17.8 Å². The zero-order valence-electron chi connectivity index (χ0n) is 10.8. The Labute approximate surface area is 101 Å². The number of nitrogens with one attached hydrogen (secondary N) is 2. The maximum Gasteiger partial charge on any atom is -0.00150 e. The molecule has 2 aliphatic rings. The molecule has 2 heteroatoms. The molecule has 0 amide bonds. The van der Waals surface area contributed by atoms with Gasteiger partial charge in [0.05, 0.1) is 0 Å². The zero-order chi connectivity index (χ0) is 11.2. The average molecular weight is 224 g/mol. The van der Waals surface area contributed by atoms with Gasteiger partial charge in [-0.15, -0.1) is 0 Å². The lowest BCUT2D eigenvalue weighted by atomic mass is 10.0. The molecule has 2 saturated carbocycles. The Hall–Kier alpha value is -0.0800. The van der Waals surface area contributed by atoms with Crippen LogP contribution in [0.5, 0.6) is 0 Å². The molecule has 0 radical (unpaired) electrons. The summed E-state index contributed by atoms with van der Waals surface area (Å²) in [4.78, 5) is 0. The van der Waals surface area contributed by atoms with Gasteiger partial charge >= 0.3 is 0 Å². The number of fused-ring (bicyclic) bond motifs is 1. The van der Waals surface area contributed by atoms with Gasteiger partial charge in [0.2, 0.25) is 0 Å². The van der Waals surface area contributed by atoms with Crippen LogP contribution in [-0.2, 0) is 0 Å². The van der Waals surface area contributed by atoms with Crippen molar-refractivity contribution in [2.24, 2.45) is 17.8 Å². The van der Waals surface area contributed by atoms with Crippen LogP contribution in [0.4, 0.5) is 0 Å². The van der Waals surface area contributed by atoms with Crippen molar-refractivity contribution in [3.05, 3.63) is 0 Å². The highest BCUT2D eigenvalue weighted by molar-refractivity contribution is 4.99. The molecule has 0 bridgehead atoms. The second kappa shape index (κ2) is 6.61. The molecule has 0 saturated heterocycles. The number of rotatable bonds is 8. The molecule has 2 aliphatic carbocycles. The highest BCUT2D eigenvalue weighted by Crippen LogP contribution is 2.54. The number of hydrogen-bond donors (Lipinski definition) is 2. The summed E-state index contributed by atoms with van der Waals surface area (Å²) >= 11 is 0. The molecule has 16 heavy (non-hydrogen) atoms. The Morgan fingerprint density at radius 2 is 1.62 bits per heavy atom. The van der Waals surface area contributed by atoms with Crippen LogP contribution in [-0.4, -0.2) is 26.2 Å². The second-order valence-corrected chi connectivity index (χ2v) is 5.58. The molecule has 2 rings (SSSR count). The first-order valence-corrected chi connectivity index (χ1v) is 7.35. The Morgan fingerprint density at radius 1 is 0.938 bits per heavy atom. The largest absolute Gasteiger partial charge is 0.317 e. The van der Waals surface area contributed by atoms with Gasteiger partial charge in [-0.3, -0.25) is 0 Å². The topological polar surface area (TPSA) is 24.1 Å². The van der Waals surface area contributed by atoms with Gasteiger partial charge < -0.3 is 10.6 Å². The fourth-order valence-electron chi connectivity index (χ4n) is 3.35. The Morgan fingerprint density at radius 3 is 2.31 bits per heavy atom. The molecule has 2 unspecified atom stereocenters. The van der Waals surface area contributed by atoms with Crippen LogP contribution < -0.4 is 10.6 Å². The van der Waals surface area contributed by atoms with E-state index >= 15 is 0 Å². The third-order valence-corrected chi connectivity index (χ3v) is 4.35. The van der Waals surface area contributed by atoms with E-state index in [9.17, 15) is 0 Å². The fourth-order valence-corrected chi connectivity index (χ4v) is 3.35. The first kappa shape index (κ1) is 12.4. The van der Waals surface area contributed by atoms with Gasteiger partial charge in [0.15, 0.2) is 0 Å². The fraction of sp³-hybridized carbons (Fsp3) is 1.00. The van der Waals surface area contributed by atoms with Crippen molar-refractivity contribution in [1.82, 2.24) is 10.6 Å². The summed E-state index contributed by atoms with van der Waals surface area (Å²) in [5, 5.41) is 7.09. The summed E-state index contributed by atoms with van der Waals surface area (Å²) in [6.45, 7) is 7.07. The van der Waals surface area contributed by atoms with Crippen molar-refractivity contribution in [2.45, 2.75) is 45.4 Å². The average Bonchev–Trinajstić information content (AvgIpc) is 3.02. The van der Waals surface area contributed by atoms with E-state index in [4.69, 9.17) is 0 Å². The molecule has 94 valence electrons. The van der Waals surface area contributed by atoms with Crippen molar-refractivity contribution in [2.75, 3.05) is 26.2 Å². The van der Waals surface area contributed by atoms with Crippen LogP contribution >= 0.6 is 0 Å². The summed E-state index contributed by atoms with van der Waals surface area (Å²) in [5.74, 6) is 3.27. The standard InChI is InChI=1S/C14H28N2/c1-2-8-15-9-5-10-16-11-14-12-6-3-4-7-13(12)14/h12-16H,2-11H2,1H3. The van der Waals surface area contributed by atoms with Crippen LogP contribution in [0.25, 0.3) is 0 Å². The molecule has 0 heterocycles. The normalized spacial score (nSPS) is 32.4. The first-order chi connectivity index (χ1) is 7.93. The van der Waals surface area contributed by atoms with Crippen LogP contribution in [0.2, 0.25) is 0 Å². The summed E-state index contributed by atoms with van der Waals surface area (Å²) in [6.07, 6.45) is 8.57. The molecule has 0 aliphatic heterocycles. The second-order valence-electron chi connectivity index (χ2n) is 5.58. The Bertz CT molecular complexity index is 181. The molecule has 0 spiro atoms. The first-order valence-electron chi connectivity index (χ1n) is 7.35. The highest BCUT2D eigenvalue weighted by Gasteiger charge is 2.49. The molecular formula is C14H28N2. The summed E-state index contributed by atoms with van der Waals surface area (Å²) < 4.78 is 0. The van der Waals surface area contributed by atoms with E-state index in [0.29, 0.717) is 0 Å². The van der Waals surface area contributed by atoms with E-state index in [1.165, 1.54) is 64.7 Å². The third kappa shape index (κ3) is 3.46. The van der Waals surface area contributed by atoms with Crippen molar-refractivity contribution >= 4 is 0 Å². The molecule has 0 aromatic heterocycles. The predicted octanol–water partition coefficient (Wildman–Crippen LogP) is 2.40. The van der Waals surface area contributed by atoms with E-state index in [1.54, 1.807) is 0 Å². The lowest BCUT2D eigenvalue weighted by Gasteiger charge is -2.05. The zero-order valence-corrected chi connectivity index (χ0v) is 10.8. The van der Waals surface area contributed by atoms with Crippen molar-refractivity contribution in [3.63, 3.8) is 0 Å². The minimum absolute atomic E-state index is 1.05. The van der Waals surface area contributed by atoms with Crippen LogP contribution in [0.1, 0.15) is 45.4 Å². The van der Waals surface area contributed by atoms with Gasteiger partial charge in [0.1, 0.15) is 0 Å². The lowest BCUT2D eigenvalue weighted by molar-refractivity contribution is 0.480. The van der Waals surface area contributed by atoms with Crippen molar-refractivity contribution < 1.29 is 0 Å². The highest BCUT2D eigenvalue weighted by atomic mass is 14.9. The predicted molar refractivity (Wildman–Crippen MR) is 69.6 cm³/mol. The Balaban J connectivity index is 1.41. The smallest absolute Gasteiger partial charge is 0.00150 e. The van der Waals surface area contributed by atoms with E-state index in [2.05, 4.69) is 17.6 Å². The van der Waals surface area contributed by atoms with Gasteiger partial charge in [-0.1, -0.05) is 19.8 Å². The molecule has 2 nitrogen and oxygen atoms in total. The van der Waals surface area contributed by atoms with Gasteiger partial charge in [-0.2, -0.15) is 0 Å². The number of hydrogen-bond acceptors (Lipinski definition) is 2. The minimum atomic E-state index is 1.05. The molecule has 2 N–H and O–H groups in total. The van der Waals surface area contributed by atoms with Gasteiger partial charge in [-0.25, -0.2) is 0 Å².